The second kappa shape index (κ2) is 18.5. The van der Waals surface area contributed by atoms with Crippen LogP contribution in [0.15, 0.2) is 53.1 Å². The van der Waals surface area contributed by atoms with Gasteiger partial charge in [0, 0.05) is 32.1 Å². The van der Waals surface area contributed by atoms with Crippen molar-refractivity contribution < 1.29 is 28.1 Å². The Balaban J connectivity index is 0.000000777. The van der Waals surface area contributed by atoms with Gasteiger partial charge in [0.05, 0.1) is 0 Å². The summed E-state index contributed by atoms with van der Waals surface area (Å²) in [7, 11) is 1.58. The van der Waals surface area contributed by atoms with Crippen LogP contribution in [0.4, 0.5) is 10.2 Å². The molecule has 3 rings (SSSR count). The van der Waals surface area contributed by atoms with Gasteiger partial charge in [0.1, 0.15) is 12.8 Å². The summed E-state index contributed by atoms with van der Waals surface area (Å²) in [4.78, 5) is 48.0. The number of halogens is 1. The van der Waals surface area contributed by atoms with Gasteiger partial charge in [-0.05, 0) is 48.3 Å². The van der Waals surface area contributed by atoms with E-state index in [4.69, 9.17) is 4.79 Å². The van der Waals surface area contributed by atoms with Crippen LogP contribution in [-0.4, -0.2) is 54.1 Å². The first kappa shape index (κ1) is 38.7. The lowest BCUT2D eigenvalue weighted by atomic mass is 9.95. The number of benzene rings is 2. The zero-order valence-corrected chi connectivity index (χ0v) is 28.1. The number of aryl methyl sites for hydroxylation is 1. The third kappa shape index (κ3) is 11.9. The highest BCUT2D eigenvalue weighted by atomic mass is 19.1. The number of carbonyl (C=O) groups excluding carboxylic acids is 4. The fourth-order valence-corrected chi connectivity index (χ4v) is 4.50. The van der Waals surface area contributed by atoms with E-state index in [9.17, 15) is 18.8 Å². The standard InChI is InChI=1S/C29H40N2O3.C5H7FN2O.CH2O/c1-8-11-26(33)31(27(20(2)3)28(34)30-19-29(5,6)7)18-22-14-16-23(17-15-22)25-13-10-9-12-24(25)21(4)32;1-3-4(6)5(7-2)8-9-3;1-2/h9-10,12-17,20,27H,8,11,18-19H2,1-7H3,(H,30,34);1-2H3,(H,7,8);1H2. The Morgan fingerprint density at radius 2 is 1.64 bits per heavy atom. The number of ketones is 1. The first-order valence-corrected chi connectivity index (χ1v) is 15.0. The summed E-state index contributed by atoms with van der Waals surface area (Å²) in [6, 6.07) is 14.9. The maximum absolute atomic E-state index is 13.2. The smallest absolute Gasteiger partial charge is 0.243 e. The Bertz CT molecular complexity index is 1380. The van der Waals surface area contributed by atoms with Crippen molar-refractivity contribution in [3.8, 4) is 11.1 Å². The van der Waals surface area contributed by atoms with Crippen LogP contribution in [0, 0.1) is 24.1 Å². The molecule has 0 aliphatic rings. The Labute approximate surface area is 266 Å². The lowest BCUT2D eigenvalue weighted by Gasteiger charge is -2.34. The van der Waals surface area contributed by atoms with Crippen molar-refractivity contribution >= 4 is 30.2 Å². The lowest BCUT2D eigenvalue weighted by Crippen LogP contribution is -2.53. The molecule has 0 bridgehead atoms. The van der Waals surface area contributed by atoms with Crippen molar-refractivity contribution in [1.82, 2.24) is 15.4 Å². The number of amides is 2. The van der Waals surface area contributed by atoms with Crippen LogP contribution < -0.4 is 10.6 Å². The monoisotopic (exact) mass is 624 g/mol. The van der Waals surface area contributed by atoms with Crippen LogP contribution in [-0.2, 0) is 20.9 Å². The second-order valence-electron chi connectivity index (χ2n) is 12.2. The molecule has 2 N–H and O–H groups in total. The largest absolute Gasteiger partial charge is 0.368 e. The van der Waals surface area contributed by atoms with E-state index in [1.165, 1.54) is 6.92 Å². The molecule has 1 heterocycles. The van der Waals surface area contributed by atoms with Gasteiger partial charge in [-0.3, -0.25) is 14.4 Å². The molecule has 3 aromatic rings. The molecule has 2 aromatic carbocycles. The summed E-state index contributed by atoms with van der Waals surface area (Å²) in [5.74, 6) is -0.177. The third-order valence-electron chi connectivity index (χ3n) is 6.76. The third-order valence-corrected chi connectivity index (χ3v) is 6.76. The molecule has 9 nitrogen and oxygen atoms in total. The summed E-state index contributed by atoms with van der Waals surface area (Å²) >= 11 is 0. The van der Waals surface area contributed by atoms with Crippen molar-refractivity contribution in [2.75, 3.05) is 18.9 Å². The van der Waals surface area contributed by atoms with Crippen LogP contribution in [0.2, 0.25) is 0 Å². The number of anilines is 1. The van der Waals surface area contributed by atoms with Gasteiger partial charge in [0.2, 0.25) is 23.4 Å². The quantitative estimate of drug-likeness (QED) is 0.224. The lowest BCUT2D eigenvalue weighted by molar-refractivity contribution is -0.143. The number of nitrogens with zero attached hydrogens (tertiary/aromatic N) is 2. The fourth-order valence-electron chi connectivity index (χ4n) is 4.50. The number of nitrogens with one attached hydrogen (secondary N) is 2. The van der Waals surface area contributed by atoms with E-state index >= 15 is 0 Å². The number of Topliss-reactive ketones (excluding diaryl/α,β-unsaturated/α-hetero) is 1. The van der Waals surface area contributed by atoms with Crippen LogP contribution in [0.25, 0.3) is 11.1 Å². The van der Waals surface area contributed by atoms with E-state index in [0.717, 1.165) is 23.1 Å². The fraction of sp³-hybridized carbons (Fsp3) is 0.457. The van der Waals surface area contributed by atoms with E-state index in [0.29, 0.717) is 25.1 Å². The van der Waals surface area contributed by atoms with E-state index < -0.39 is 11.9 Å². The van der Waals surface area contributed by atoms with E-state index in [2.05, 4.69) is 41.1 Å². The average Bonchev–Trinajstić information content (AvgIpc) is 3.33. The molecule has 246 valence electrons. The molecular formula is C35H49FN4O5. The van der Waals surface area contributed by atoms with Crippen LogP contribution >= 0.6 is 0 Å². The number of rotatable bonds is 11. The van der Waals surface area contributed by atoms with Crippen LogP contribution in [0.3, 0.4) is 0 Å². The molecule has 1 aromatic heterocycles. The SMILES string of the molecule is C=O.CCCC(=O)N(Cc1ccc(-c2ccccc2C(C)=O)cc1)C(C(=O)NCC(C)(C)C)C(C)C.CNc1noc(C)c1F. The molecule has 0 saturated heterocycles. The first-order valence-electron chi connectivity index (χ1n) is 15.0. The Kier molecular flexibility index (Phi) is 15.9. The summed E-state index contributed by atoms with van der Waals surface area (Å²) in [5, 5.41) is 8.96. The normalized spacial score (nSPS) is 11.4. The molecule has 0 radical (unpaired) electrons. The molecule has 1 unspecified atom stereocenters. The minimum Gasteiger partial charge on any atom is -0.368 e. The Hall–Kier alpha value is -4.34. The number of hydrogen-bond acceptors (Lipinski definition) is 7. The van der Waals surface area contributed by atoms with Gasteiger partial charge < -0.3 is 24.9 Å². The molecule has 1 atom stereocenters. The number of aromatic nitrogens is 1. The number of carbonyl (C=O) groups is 4. The Morgan fingerprint density at radius 1 is 1.04 bits per heavy atom. The van der Waals surface area contributed by atoms with Gasteiger partial charge in [0.25, 0.3) is 0 Å². The number of hydrogen-bond donors (Lipinski definition) is 2. The summed E-state index contributed by atoms with van der Waals surface area (Å²) in [6.45, 7) is 18.2. The van der Waals surface area contributed by atoms with Gasteiger partial charge in [-0.1, -0.05) is 95.2 Å². The van der Waals surface area contributed by atoms with E-state index in [1.54, 1.807) is 18.9 Å². The maximum Gasteiger partial charge on any atom is 0.243 e. The van der Waals surface area contributed by atoms with Crippen molar-refractivity contribution in [3.05, 3.63) is 71.2 Å². The zero-order valence-electron chi connectivity index (χ0n) is 28.1. The second-order valence-corrected chi connectivity index (χ2v) is 12.2. The van der Waals surface area contributed by atoms with Gasteiger partial charge in [-0.25, -0.2) is 0 Å². The highest BCUT2D eigenvalue weighted by Gasteiger charge is 2.32. The first-order chi connectivity index (χ1) is 21.2. The van der Waals surface area contributed by atoms with Crippen molar-refractivity contribution in [3.63, 3.8) is 0 Å². The highest BCUT2D eigenvalue weighted by molar-refractivity contribution is 6.00. The van der Waals surface area contributed by atoms with Gasteiger partial charge >= 0.3 is 0 Å². The van der Waals surface area contributed by atoms with Crippen LogP contribution in [0.1, 0.15) is 83.0 Å². The molecule has 0 fully saturated rings. The molecule has 0 aliphatic heterocycles. The van der Waals surface area contributed by atoms with Gasteiger partial charge in [-0.2, -0.15) is 4.39 Å². The minimum absolute atomic E-state index is 0.0156. The predicted molar refractivity (Wildman–Crippen MR) is 176 cm³/mol. The predicted octanol–water partition coefficient (Wildman–Crippen LogP) is 6.85. The van der Waals surface area contributed by atoms with E-state index in [1.807, 2.05) is 76.1 Å². The van der Waals surface area contributed by atoms with Crippen molar-refractivity contribution in [2.24, 2.45) is 11.3 Å². The Morgan fingerprint density at radius 3 is 2.09 bits per heavy atom. The molecule has 0 spiro atoms. The highest BCUT2D eigenvalue weighted by Crippen LogP contribution is 2.26. The van der Waals surface area contributed by atoms with Gasteiger partial charge in [0.15, 0.2) is 11.5 Å². The summed E-state index contributed by atoms with van der Waals surface area (Å²) in [5.41, 5.74) is 3.43. The van der Waals surface area contributed by atoms with Crippen molar-refractivity contribution in [2.45, 2.75) is 80.8 Å². The summed E-state index contributed by atoms with van der Waals surface area (Å²) in [6.07, 6.45) is 1.13. The zero-order chi connectivity index (χ0) is 34.3. The van der Waals surface area contributed by atoms with Crippen molar-refractivity contribution in [1.29, 1.82) is 0 Å². The minimum atomic E-state index is -0.542. The molecule has 2 amide bonds. The molecule has 0 saturated carbocycles. The summed E-state index contributed by atoms with van der Waals surface area (Å²) < 4.78 is 17.0. The molecular weight excluding hydrogens is 575 g/mol. The molecule has 45 heavy (non-hydrogen) atoms. The average molecular weight is 625 g/mol. The molecule has 10 heteroatoms. The molecule has 0 aliphatic carbocycles. The van der Waals surface area contributed by atoms with Gasteiger partial charge in [-0.15, -0.1) is 0 Å². The topological polar surface area (TPSA) is 122 Å². The van der Waals surface area contributed by atoms with E-state index in [-0.39, 0.29) is 40.5 Å². The maximum atomic E-state index is 13.2. The van der Waals surface area contributed by atoms with Crippen LogP contribution in [0.5, 0.6) is 0 Å².